The van der Waals surface area contributed by atoms with Crippen molar-refractivity contribution in [1.29, 1.82) is 0 Å². The number of methoxy groups -OCH3 is 1. The number of rotatable bonds is 3. The zero-order valence-corrected chi connectivity index (χ0v) is 11.3. The van der Waals surface area contributed by atoms with E-state index >= 15 is 0 Å². The number of aromatic hydroxyl groups is 1. The van der Waals surface area contributed by atoms with Crippen LogP contribution in [0.5, 0.6) is 11.5 Å². The predicted molar refractivity (Wildman–Crippen MR) is 78.2 cm³/mol. The molecule has 2 rings (SSSR count). The summed E-state index contributed by atoms with van der Waals surface area (Å²) in [4.78, 5) is 12.1. The molecule has 0 aliphatic rings. The summed E-state index contributed by atoms with van der Waals surface area (Å²) in [6, 6.07) is 9.73. The van der Waals surface area contributed by atoms with E-state index in [2.05, 4.69) is 5.32 Å². The van der Waals surface area contributed by atoms with Gasteiger partial charge in [0.2, 0.25) is 0 Å². The molecule has 0 aliphatic carbocycles. The Kier molecular flexibility index (Phi) is 3.79. The third kappa shape index (κ3) is 2.83. The van der Waals surface area contributed by atoms with Gasteiger partial charge in [0.25, 0.3) is 5.91 Å². The maximum atomic E-state index is 12.1. The Morgan fingerprint density at radius 1 is 1.25 bits per heavy atom. The van der Waals surface area contributed by atoms with E-state index < -0.39 is 0 Å². The maximum absolute atomic E-state index is 12.1. The molecule has 5 heteroatoms. The van der Waals surface area contributed by atoms with Gasteiger partial charge in [0.1, 0.15) is 0 Å². The van der Waals surface area contributed by atoms with Crippen molar-refractivity contribution in [2.45, 2.75) is 6.92 Å². The van der Waals surface area contributed by atoms with Gasteiger partial charge in [-0.3, -0.25) is 4.79 Å². The molecule has 5 nitrogen and oxygen atoms in total. The van der Waals surface area contributed by atoms with Crippen molar-refractivity contribution in [3.05, 3.63) is 47.5 Å². The molecule has 0 aliphatic heterocycles. The number of anilines is 2. The van der Waals surface area contributed by atoms with Gasteiger partial charge in [0.15, 0.2) is 11.5 Å². The lowest BCUT2D eigenvalue weighted by atomic mass is 10.1. The third-order valence-corrected chi connectivity index (χ3v) is 2.97. The van der Waals surface area contributed by atoms with E-state index in [-0.39, 0.29) is 11.7 Å². The van der Waals surface area contributed by atoms with Crippen LogP contribution < -0.4 is 15.8 Å². The van der Waals surface area contributed by atoms with Gasteiger partial charge in [-0.2, -0.15) is 0 Å². The number of nitrogens with two attached hydrogens (primary N) is 1. The lowest BCUT2D eigenvalue weighted by molar-refractivity contribution is 0.102. The molecule has 0 radical (unpaired) electrons. The van der Waals surface area contributed by atoms with Gasteiger partial charge < -0.3 is 20.9 Å². The molecule has 20 heavy (non-hydrogen) atoms. The standard InChI is InChI=1S/C15H16N2O3/c1-9-7-11(4-5-12(9)16)17-15(19)10-3-6-14(20-2)13(18)8-10/h3-8,18H,16H2,1-2H3,(H,17,19). The first-order valence-electron chi connectivity index (χ1n) is 6.05. The molecule has 1 amide bonds. The molecule has 0 unspecified atom stereocenters. The van der Waals surface area contributed by atoms with Gasteiger partial charge in [0.05, 0.1) is 7.11 Å². The van der Waals surface area contributed by atoms with E-state index in [0.29, 0.717) is 22.7 Å². The highest BCUT2D eigenvalue weighted by Gasteiger charge is 2.10. The van der Waals surface area contributed by atoms with Crippen LogP contribution in [-0.2, 0) is 0 Å². The fraction of sp³-hybridized carbons (Fsp3) is 0.133. The number of amides is 1. The summed E-state index contributed by atoms with van der Waals surface area (Å²) < 4.78 is 4.93. The Balaban J connectivity index is 2.19. The summed E-state index contributed by atoms with van der Waals surface area (Å²) in [5.74, 6) is -0.0642. The molecule has 0 saturated heterocycles. The first-order valence-corrected chi connectivity index (χ1v) is 6.05. The highest BCUT2D eigenvalue weighted by atomic mass is 16.5. The smallest absolute Gasteiger partial charge is 0.255 e. The summed E-state index contributed by atoms with van der Waals surface area (Å²) >= 11 is 0. The van der Waals surface area contributed by atoms with Crippen LogP contribution in [-0.4, -0.2) is 18.1 Å². The third-order valence-electron chi connectivity index (χ3n) is 2.97. The number of carbonyl (C=O) groups excluding carboxylic acids is 1. The molecule has 2 aromatic rings. The number of phenols is 1. The summed E-state index contributed by atoms with van der Waals surface area (Å²) in [6.45, 7) is 1.87. The zero-order valence-electron chi connectivity index (χ0n) is 11.3. The molecule has 0 bridgehead atoms. The second-order valence-corrected chi connectivity index (χ2v) is 4.41. The Hall–Kier alpha value is -2.69. The van der Waals surface area contributed by atoms with Crippen molar-refractivity contribution >= 4 is 17.3 Å². The largest absolute Gasteiger partial charge is 0.504 e. The number of phenolic OH excluding ortho intramolecular Hbond substituents is 1. The quantitative estimate of drug-likeness (QED) is 0.750. The number of nitrogens with one attached hydrogen (secondary N) is 1. The molecule has 4 N–H and O–H groups in total. The molecule has 0 saturated carbocycles. The molecule has 0 atom stereocenters. The summed E-state index contributed by atoms with van der Waals surface area (Å²) in [6.07, 6.45) is 0. The van der Waals surface area contributed by atoms with E-state index in [9.17, 15) is 9.90 Å². The first kappa shape index (κ1) is 13.7. The second kappa shape index (κ2) is 5.52. The minimum atomic E-state index is -0.313. The van der Waals surface area contributed by atoms with Crippen molar-refractivity contribution in [2.75, 3.05) is 18.2 Å². The van der Waals surface area contributed by atoms with Crippen molar-refractivity contribution in [2.24, 2.45) is 0 Å². The number of hydrogen-bond donors (Lipinski definition) is 3. The minimum Gasteiger partial charge on any atom is -0.504 e. The molecular formula is C15H16N2O3. The summed E-state index contributed by atoms with van der Waals surface area (Å²) in [7, 11) is 1.45. The topological polar surface area (TPSA) is 84.6 Å². The SMILES string of the molecule is COc1ccc(C(=O)Nc2ccc(N)c(C)c2)cc1O. The van der Waals surface area contributed by atoms with Crippen LogP contribution in [0.25, 0.3) is 0 Å². The summed E-state index contributed by atoms with van der Waals surface area (Å²) in [5.41, 5.74) is 8.28. The van der Waals surface area contributed by atoms with Crippen LogP contribution in [0.4, 0.5) is 11.4 Å². The van der Waals surface area contributed by atoms with Crippen molar-refractivity contribution in [3.63, 3.8) is 0 Å². The van der Waals surface area contributed by atoms with E-state index in [1.807, 2.05) is 6.92 Å². The molecule has 0 heterocycles. The number of carbonyl (C=O) groups is 1. The highest BCUT2D eigenvalue weighted by Crippen LogP contribution is 2.26. The molecule has 0 spiro atoms. The Morgan fingerprint density at radius 2 is 2.00 bits per heavy atom. The predicted octanol–water partition coefficient (Wildman–Crippen LogP) is 2.54. The van der Waals surface area contributed by atoms with Crippen molar-refractivity contribution < 1.29 is 14.6 Å². The van der Waals surface area contributed by atoms with E-state index in [0.717, 1.165) is 5.56 Å². The molecule has 0 fully saturated rings. The van der Waals surface area contributed by atoms with Gasteiger partial charge in [-0.1, -0.05) is 0 Å². The van der Waals surface area contributed by atoms with Crippen LogP contribution in [0, 0.1) is 6.92 Å². The van der Waals surface area contributed by atoms with Gasteiger partial charge in [0, 0.05) is 16.9 Å². The average Bonchev–Trinajstić information content (AvgIpc) is 2.42. The van der Waals surface area contributed by atoms with E-state index in [1.165, 1.54) is 13.2 Å². The molecular weight excluding hydrogens is 256 g/mol. The van der Waals surface area contributed by atoms with Crippen molar-refractivity contribution in [1.82, 2.24) is 0 Å². The number of aryl methyl sites for hydroxylation is 1. The van der Waals surface area contributed by atoms with Crippen LogP contribution in [0.3, 0.4) is 0 Å². The Morgan fingerprint density at radius 3 is 2.60 bits per heavy atom. The number of hydrogen-bond acceptors (Lipinski definition) is 4. The van der Waals surface area contributed by atoms with E-state index in [1.54, 1.807) is 30.3 Å². The molecule has 0 aromatic heterocycles. The Labute approximate surface area is 117 Å². The number of benzene rings is 2. The Bertz CT molecular complexity index is 654. The van der Waals surface area contributed by atoms with E-state index in [4.69, 9.17) is 10.5 Å². The first-order chi connectivity index (χ1) is 9.51. The maximum Gasteiger partial charge on any atom is 0.255 e. The van der Waals surface area contributed by atoms with Gasteiger partial charge in [-0.25, -0.2) is 0 Å². The van der Waals surface area contributed by atoms with Gasteiger partial charge in [-0.05, 0) is 48.9 Å². The van der Waals surface area contributed by atoms with Crippen LogP contribution in [0.15, 0.2) is 36.4 Å². The lowest BCUT2D eigenvalue weighted by Crippen LogP contribution is -2.12. The minimum absolute atomic E-state index is 0.0753. The monoisotopic (exact) mass is 272 g/mol. The number of nitrogen functional groups attached to an aromatic ring is 1. The van der Waals surface area contributed by atoms with Crippen LogP contribution >= 0.6 is 0 Å². The highest BCUT2D eigenvalue weighted by molar-refractivity contribution is 6.04. The number of ether oxygens (including phenoxy) is 1. The van der Waals surface area contributed by atoms with Gasteiger partial charge >= 0.3 is 0 Å². The fourth-order valence-corrected chi connectivity index (χ4v) is 1.79. The molecule has 104 valence electrons. The van der Waals surface area contributed by atoms with Gasteiger partial charge in [-0.15, -0.1) is 0 Å². The van der Waals surface area contributed by atoms with Crippen LogP contribution in [0.1, 0.15) is 15.9 Å². The molecule has 2 aromatic carbocycles. The lowest BCUT2D eigenvalue weighted by Gasteiger charge is -2.09. The second-order valence-electron chi connectivity index (χ2n) is 4.41. The average molecular weight is 272 g/mol. The normalized spacial score (nSPS) is 10.1. The zero-order chi connectivity index (χ0) is 14.7. The fourth-order valence-electron chi connectivity index (χ4n) is 1.79. The van der Waals surface area contributed by atoms with Crippen molar-refractivity contribution in [3.8, 4) is 11.5 Å². The van der Waals surface area contributed by atoms with Crippen LogP contribution in [0.2, 0.25) is 0 Å². The summed E-state index contributed by atoms with van der Waals surface area (Å²) in [5, 5.41) is 12.4.